The third-order valence-corrected chi connectivity index (χ3v) is 4.68. The number of rotatable bonds is 4. The molecule has 2 aromatic heterocycles. The fourth-order valence-electron chi connectivity index (χ4n) is 3.32. The van der Waals surface area contributed by atoms with Crippen LogP contribution in [0.3, 0.4) is 0 Å². The molecule has 0 unspecified atom stereocenters. The van der Waals surface area contributed by atoms with Gasteiger partial charge in [0, 0.05) is 18.3 Å². The van der Waals surface area contributed by atoms with Crippen LogP contribution in [0.2, 0.25) is 0 Å². The molecule has 1 aliphatic carbocycles. The summed E-state index contributed by atoms with van der Waals surface area (Å²) in [5, 5.41) is 18.4. The molecule has 0 spiro atoms. The maximum atomic E-state index is 9.62. The predicted molar refractivity (Wildman–Crippen MR) is 95.1 cm³/mol. The number of aromatic nitrogens is 4. The Morgan fingerprint density at radius 2 is 2.04 bits per heavy atom. The van der Waals surface area contributed by atoms with Crippen molar-refractivity contribution in [1.82, 2.24) is 19.7 Å². The number of nitrogens with zero attached hydrogens (tertiary/aromatic N) is 4. The van der Waals surface area contributed by atoms with Gasteiger partial charge >= 0.3 is 0 Å². The van der Waals surface area contributed by atoms with Crippen molar-refractivity contribution >= 4 is 16.9 Å². The lowest BCUT2D eigenvalue weighted by molar-refractivity contribution is 0.126. The predicted octanol–water partition coefficient (Wildman–Crippen LogP) is 2.54. The van der Waals surface area contributed by atoms with E-state index < -0.39 is 0 Å². The Morgan fingerprint density at radius 3 is 2.84 bits per heavy atom. The number of methoxy groups -OCH3 is 1. The molecule has 2 heterocycles. The van der Waals surface area contributed by atoms with Gasteiger partial charge in [-0.05, 0) is 37.8 Å². The number of anilines is 1. The molecule has 0 aliphatic heterocycles. The van der Waals surface area contributed by atoms with Crippen molar-refractivity contribution in [2.75, 3.05) is 12.4 Å². The van der Waals surface area contributed by atoms with Crippen LogP contribution < -0.4 is 10.1 Å². The summed E-state index contributed by atoms with van der Waals surface area (Å²) in [5.41, 5.74) is 0.935. The number of benzene rings is 1. The summed E-state index contributed by atoms with van der Waals surface area (Å²) < 4.78 is 7.18. The third-order valence-electron chi connectivity index (χ3n) is 4.68. The van der Waals surface area contributed by atoms with Gasteiger partial charge in [0.1, 0.15) is 5.75 Å². The zero-order chi connectivity index (χ0) is 17.2. The first kappa shape index (κ1) is 15.8. The summed E-state index contributed by atoms with van der Waals surface area (Å²) in [6, 6.07) is 7.98. The average molecular weight is 339 g/mol. The van der Waals surface area contributed by atoms with Crippen molar-refractivity contribution < 1.29 is 9.84 Å². The molecule has 0 bridgehead atoms. The van der Waals surface area contributed by atoms with Crippen molar-refractivity contribution in [3.63, 3.8) is 0 Å². The summed E-state index contributed by atoms with van der Waals surface area (Å²) in [6.07, 6.45) is 6.84. The number of aliphatic hydroxyl groups excluding tert-OH is 1. The zero-order valence-corrected chi connectivity index (χ0v) is 14.1. The normalized spacial score (nSPS) is 20.6. The summed E-state index contributed by atoms with van der Waals surface area (Å²) in [5.74, 6) is 2.08. The Balaban J connectivity index is 1.61. The highest BCUT2D eigenvalue weighted by molar-refractivity contribution is 5.86. The minimum atomic E-state index is -0.171. The number of hydrogen-bond acceptors (Lipinski definition) is 6. The molecule has 4 rings (SSSR count). The van der Waals surface area contributed by atoms with Gasteiger partial charge in [0.05, 0.1) is 30.3 Å². The van der Waals surface area contributed by atoms with Gasteiger partial charge in [-0.3, -0.25) is 0 Å². The molecule has 7 nitrogen and oxygen atoms in total. The topological polar surface area (TPSA) is 85.1 Å². The highest BCUT2D eigenvalue weighted by Crippen LogP contribution is 2.26. The number of nitrogens with one attached hydrogen (secondary N) is 1. The van der Waals surface area contributed by atoms with Crippen molar-refractivity contribution in [3.8, 4) is 11.6 Å². The molecule has 1 saturated carbocycles. The molecule has 0 saturated heterocycles. The molecule has 7 heteroatoms. The number of fused-ring (bicyclic) bond motifs is 1. The summed E-state index contributed by atoms with van der Waals surface area (Å²) in [6.45, 7) is 0. The Morgan fingerprint density at radius 1 is 1.20 bits per heavy atom. The van der Waals surface area contributed by atoms with Gasteiger partial charge < -0.3 is 15.2 Å². The molecule has 0 atom stereocenters. The van der Waals surface area contributed by atoms with E-state index in [4.69, 9.17) is 4.74 Å². The van der Waals surface area contributed by atoms with E-state index in [1.165, 1.54) is 0 Å². The van der Waals surface area contributed by atoms with Crippen LogP contribution in [0.5, 0.6) is 5.75 Å². The first-order chi connectivity index (χ1) is 12.2. The van der Waals surface area contributed by atoms with Crippen LogP contribution in [-0.4, -0.2) is 44.1 Å². The monoisotopic (exact) mass is 339 g/mol. The maximum Gasteiger partial charge on any atom is 0.224 e. The minimum absolute atomic E-state index is 0.171. The number of ether oxygens (including phenoxy) is 1. The molecule has 0 radical (unpaired) electrons. The van der Waals surface area contributed by atoms with E-state index in [1.807, 2.05) is 24.3 Å². The third kappa shape index (κ3) is 3.15. The van der Waals surface area contributed by atoms with Gasteiger partial charge in [0.25, 0.3) is 0 Å². The van der Waals surface area contributed by atoms with Crippen LogP contribution in [0.25, 0.3) is 16.7 Å². The molecular weight excluding hydrogens is 318 g/mol. The lowest BCUT2D eigenvalue weighted by Gasteiger charge is -2.26. The molecule has 3 aromatic rings. The molecule has 1 fully saturated rings. The van der Waals surface area contributed by atoms with Crippen molar-refractivity contribution in [3.05, 3.63) is 36.7 Å². The minimum Gasteiger partial charge on any atom is -0.496 e. The highest BCUT2D eigenvalue weighted by atomic mass is 16.5. The van der Waals surface area contributed by atoms with Crippen LogP contribution in [0.1, 0.15) is 25.7 Å². The van der Waals surface area contributed by atoms with Crippen LogP contribution in [-0.2, 0) is 0 Å². The lowest BCUT2D eigenvalue weighted by atomic mass is 9.93. The van der Waals surface area contributed by atoms with Gasteiger partial charge in [0.2, 0.25) is 5.95 Å². The molecule has 1 aliphatic rings. The Kier molecular flexibility index (Phi) is 4.23. The Bertz CT molecular complexity index is 871. The SMILES string of the molecule is COc1cccc2c1cnn2-c1ccnc(N[C@H]2CC[C@H](O)CC2)n1. The number of aliphatic hydroxyl groups is 1. The standard InChI is InChI=1S/C18H21N5O2/c1-25-16-4-2-3-15-14(16)11-20-23(15)17-9-10-19-18(22-17)21-12-5-7-13(24)8-6-12/h2-4,9-13,24H,5-8H2,1H3,(H,19,21,22)/t12-,13-. The van der Waals surface area contributed by atoms with Crippen LogP contribution in [0.15, 0.2) is 36.7 Å². The van der Waals surface area contributed by atoms with Gasteiger partial charge in [-0.15, -0.1) is 0 Å². The van der Waals surface area contributed by atoms with E-state index in [9.17, 15) is 5.11 Å². The largest absolute Gasteiger partial charge is 0.496 e. The second-order valence-electron chi connectivity index (χ2n) is 6.34. The van der Waals surface area contributed by atoms with Crippen molar-refractivity contribution in [2.45, 2.75) is 37.8 Å². The van der Waals surface area contributed by atoms with Crippen LogP contribution in [0, 0.1) is 0 Å². The smallest absolute Gasteiger partial charge is 0.224 e. The first-order valence-electron chi connectivity index (χ1n) is 8.53. The van der Waals surface area contributed by atoms with Gasteiger partial charge in [-0.25, -0.2) is 9.67 Å². The summed E-state index contributed by atoms with van der Waals surface area (Å²) in [7, 11) is 1.65. The fourth-order valence-corrected chi connectivity index (χ4v) is 3.32. The van der Waals surface area contributed by atoms with E-state index in [-0.39, 0.29) is 6.10 Å². The maximum absolute atomic E-state index is 9.62. The average Bonchev–Trinajstić information content (AvgIpc) is 3.08. The van der Waals surface area contributed by atoms with Crippen LogP contribution in [0.4, 0.5) is 5.95 Å². The van der Waals surface area contributed by atoms with Gasteiger partial charge in [-0.2, -0.15) is 10.1 Å². The second-order valence-corrected chi connectivity index (χ2v) is 6.34. The van der Waals surface area contributed by atoms with Crippen LogP contribution >= 0.6 is 0 Å². The van der Waals surface area contributed by atoms with E-state index >= 15 is 0 Å². The summed E-state index contributed by atoms with van der Waals surface area (Å²) >= 11 is 0. The van der Waals surface area contributed by atoms with Gasteiger partial charge in [-0.1, -0.05) is 6.07 Å². The second kappa shape index (κ2) is 6.68. The van der Waals surface area contributed by atoms with E-state index in [0.29, 0.717) is 17.8 Å². The van der Waals surface area contributed by atoms with Crippen molar-refractivity contribution in [2.24, 2.45) is 0 Å². The first-order valence-corrected chi connectivity index (χ1v) is 8.53. The molecule has 25 heavy (non-hydrogen) atoms. The lowest BCUT2D eigenvalue weighted by Crippen LogP contribution is -2.29. The van der Waals surface area contributed by atoms with E-state index in [2.05, 4.69) is 20.4 Å². The highest BCUT2D eigenvalue weighted by Gasteiger charge is 2.20. The van der Waals surface area contributed by atoms with Gasteiger partial charge in [0.15, 0.2) is 5.82 Å². The Labute approximate surface area is 145 Å². The molecule has 130 valence electrons. The van der Waals surface area contributed by atoms with Crippen molar-refractivity contribution in [1.29, 1.82) is 0 Å². The Hall–Kier alpha value is -2.67. The quantitative estimate of drug-likeness (QED) is 0.760. The fraction of sp³-hybridized carbons (Fsp3) is 0.389. The molecule has 1 aromatic carbocycles. The summed E-state index contributed by atoms with van der Waals surface area (Å²) in [4.78, 5) is 8.93. The zero-order valence-electron chi connectivity index (χ0n) is 14.1. The van der Waals surface area contributed by atoms with E-state index in [0.717, 1.165) is 42.3 Å². The number of hydrogen-bond donors (Lipinski definition) is 2. The van der Waals surface area contributed by atoms with E-state index in [1.54, 1.807) is 24.2 Å². The molecule has 0 amide bonds. The molecular formula is C18H21N5O2. The molecule has 2 N–H and O–H groups in total.